The SMILES string of the molecule is CCC1CCCN(C(C)(C)CNC(=O)C(N)Cc2ccccc2)C1.Cl.Cl. The first-order chi connectivity index (χ1) is 11.4. The topological polar surface area (TPSA) is 58.4 Å². The third-order valence-corrected chi connectivity index (χ3v) is 5.28. The molecule has 0 bridgehead atoms. The summed E-state index contributed by atoms with van der Waals surface area (Å²) in [6.45, 7) is 9.60. The number of carbonyl (C=O) groups is 1. The van der Waals surface area contributed by atoms with Crippen LogP contribution in [0.5, 0.6) is 0 Å². The maximum atomic E-state index is 12.3. The van der Waals surface area contributed by atoms with Crippen LogP contribution < -0.4 is 11.1 Å². The molecule has 1 aromatic rings. The molecule has 2 rings (SSSR count). The van der Waals surface area contributed by atoms with Gasteiger partial charge in [0.2, 0.25) is 5.91 Å². The van der Waals surface area contributed by atoms with Gasteiger partial charge in [0.25, 0.3) is 0 Å². The van der Waals surface area contributed by atoms with Crippen LogP contribution in [0.1, 0.15) is 45.6 Å². The van der Waals surface area contributed by atoms with Crippen LogP contribution in [-0.4, -0.2) is 42.0 Å². The second-order valence-electron chi connectivity index (χ2n) is 7.69. The highest BCUT2D eigenvalue weighted by atomic mass is 35.5. The first-order valence-electron chi connectivity index (χ1n) is 9.24. The lowest BCUT2D eigenvalue weighted by molar-refractivity contribution is -0.123. The van der Waals surface area contributed by atoms with Crippen molar-refractivity contribution in [2.24, 2.45) is 11.7 Å². The van der Waals surface area contributed by atoms with E-state index in [0.29, 0.717) is 13.0 Å². The Labute approximate surface area is 171 Å². The number of hydrogen-bond donors (Lipinski definition) is 2. The molecule has 2 atom stereocenters. The van der Waals surface area contributed by atoms with Crippen LogP contribution >= 0.6 is 24.8 Å². The third-order valence-electron chi connectivity index (χ3n) is 5.28. The number of hydrogen-bond acceptors (Lipinski definition) is 3. The lowest BCUT2D eigenvalue weighted by Crippen LogP contribution is -2.56. The van der Waals surface area contributed by atoms with Crippen molar-refractivity contribution in [1.29, 1.82) is 0 Å². The average Bonchev–Trinajstić information content (AvgIpc) is 2.60. The summed E-state index contributed by atoms with van der Waals surface area (Å²) in [5, 5.41) is 3.07. The fourth-order valence-corrected chi connectivity index (χ4v) is 3.46. The highest BCUT2D eigenvalue weighted by molar-refractivity contribution is 5.85. The molecule has 0 aromatic heterocycles. The summed E-state index contributed by atoms with van der Waals surface area (Å²) in [4.78, 5) is 14.9. The largest absolute Gasteiger partial charge is 0.353 e. The summed E-state index contributed by atoms with van der Waals surface area (Å²) < 4.78 is 0. The van der Waals surface area contributed by atoms with Gasteiger partial charge in [-0.2, -0.15) is 0 Å². The predicted molar refractivity (Wildman–Crippen MR) is 114 cm³/mol. The fraction of sp³-hybridized carbons (Fsp3) is 0.650. The quantitative estimate of drug-likeness (QED) is 0.732. The van der Waals surface area contributed by atoms with E-state index < -0.39 is 6.04 Å². The Bertz CT molecular complexity index is 525. The molecule has 6 heteroatoms. The van der Waals surface area contributed by atoms with E-state index >= 15 is 0 Å². The lowest BCUT2D eigenvalue weighted by Gasteiger charge is -2.43. The molecule has 0 spiro atoms. The van der Waals surface area contributed by atoms with E-state index in [2.05, 4.69) is 31.0 Å². The Morgan fingerprint density at radius 3 is 2.58 bits per heavy atom. The second-order valence-corrected chi connectivity index (χ2v) is 7.69. The molecule has 26 heavy (non-hydrogen) atoms. The van der Waals surface area contributed by atoms with Crippen LogP contribution in [-0.2, 0) is 11.2 Å². The van der Waals surface area contributed by atoms with Crippen molar-refractivity contribution in [1.82, 2.24) is 10.2 Å². The molecule has 1 saturated heterocycles. The molecular weight excluding hydrogens is 369 g/mol. The minimum Gasteiger partial charge on any atom is -0.353 e. The van der Waals surface area contributed by atoms with Gasteiger partial charge in [-0.3, -0.25) is 9.69 Å². The summed E-state index contributed by atoms with van der Waals surface area (Å²) >= 11 is 0. The maximum absolute atomic E-state index is 12.3. The molecule has 3 N–H and O–H groups in total. The summed E-state index contributed by atoms with van der Waals surface area (Å²) in [7, 11) is 0. The number of amides is 1. The van der Waals surface area contributed by atoms with Crippen molar-refractivity contribution in [3.63, 3.8) is 0 Å². The van der Waals surface area contributed by atoms with Crippen molar-refractivity contribution >= 4 is 30.7 Å². The Kier molecular flexibility index (Phi) is 11.4. The third kappa shape index (κ3) is 7.43. The molecule has 1 amide bonds. The van der Waals surface area contributed by atoms with Gasteiger partial charge in [-0.25, -0.2) is 0 Å². The average molecular weight is 404 g/mol. The Balaban J connectivity index is 0.00000312. The lowest BCUT2D eigenvalue weighted by atomic mass is 9.91. The second kappa shape index (κ2) is 11.8. The molecule has 1 aliphatic rings. The number of likely N-dealkylation sites (tertiary alicyclic amines) is 1. The Morgan fingerprint density at radius 1 is 1.31 bits per heavy atom. The van der Waals surface area contributed by atoms with Gasteiger partial charge in [0.1, 0.15) is 0 Å². The zero-order chi connectivity index (χ0) is 17.6. The van der Waals surface area contributed by atoms with Gasteiger partial charge in [-0.15, -0.1) is 24.8 Å². The Morgan fingerprint density at radius 2 is 1.96 bits per heavy atom. The Hall–Kier alpha value is -0.810. The van der Waals surface area contributed by atoms with Crippen molar-refractivity contribution < 1.29 is 4.79 Å². The molecule has 1 aromatic carbocycles. The van der Waals surface area contributed by atoms with Gasteiger partial charge < -0.3 is 11.1 Å². The van der Waals surface area contributed by atoms with Crippen molar-refractivity contribution in [2.75, 3.05) is 19.6 Å². The zero-order valence-corrected chi connectivity index (χ0v) is 17.9. The van der Waals surface area contributed by atoms with Crippen molar-refractivity contribution in [3.8, 4) is 0 Å². The van der Waals surface area contributed by atoms with E-state index in [1.54, 1.807) is 0 Å². The number of nitrogens with zero attached hydrogens (tertiary/aromatic N) is 1. The molecule has 0 radical (unpaired) electrons. The molecule has 1 heterocycles. The van der Waals surface area contributed by atoms with Gasteiger partial charge in [0.05, 0.1) is 6.04 Å². The highest BCUT2D eigenvalue weighted by Gasteiger charge is 2.31. The molecule has 1 fully saturated rings. The van der Waals surface area contributed by atoms with Crippen molar-refractivity contribution in [2.45, 2.75) is 58.0 Å². The van der Waals surface area contributed by atoms with E-state index in [-0.39, 0.29) is 36.3 Å². The highest BCUT2D eigenvalue weighted by Crippen LogP contribution is 2.25. The molecule has 4 nitrogen and oxygen atoms in total. The molecular formula is C20H35Cl2N3O. The number of rotatable bonds is 7. The van der Waals surface area contributed by atoms with Crippen LogP contribution in [0.15, 0.2) is 30.3 Å². The number of carbonyl (C=O) groups excluding carboxylic acids is 1. The number of nitrogens with one attached hydrogen (secondary N) is 1. The molecule has 150 valence electrons. The van der Waals surface area contributed by atoms with Gasteiger partial charge in [-0.1, -0.05) is 43.7 Å². The normalized spacial score (nSPS) is 19.0. The number of piperidine rings is 1. The standard InChI is InChI=1S/C20H33N3O.2ClH/c1-4-16-11-8-12-23(14-16)20(2,3)15-22-19(24)18(21)13-17-9-6-5-7-10-17;;/h5-7,9-10,16,18H,4,8,11-15,21H2,1-3H3,(H,22,24);2*1H. The molecule has 0 aliphatic carbocycles. The monoisotopic (exact) mass is 403 g/mol. The minimum absolute atomic E-state index is 0. The predicted octanol–water partition coefficient (Wildman–Crippen LogP) is 3.42. The van der Waals surface area contributed by atoms with E-state index in [0.717, 1.165) is 24.6 Å². The van der Waals surface area contributed by atoms with Crippen LogP contribution in [0, 0.1) is 5.92 Å². The van der Waals surface area contributed by atoms with Crippen molar-refractivity contribution in [3.05, 3.63) is 35.9 Å². The van der Waals surface area contributed by atoms with Crippen LogP contribution in [0.4, 0.5) is 0 Å². The summed E-state index contributed by atoms with van der Waals surface area (Å²) in [5.41, 5.74) is 7.14. The number of halogens is 2. The van der Waals surface area contributed by atoms with Gasteiger partial charge in [-0.05, 0) is 51.1 Å². The van der Waals surface area contributed by atoms with Crippen LogP contribution in [0.2, 0.25) is 0 Å². The minimum atomic E-state index is -0.493. The van der Waals surface area contributed by atoms with E-state index in [4.69, 9.17) is 5.73 Å². The fourth-order valence-electron chi connectivity index (χ4n) is 3.46. The van der Waals surface area contributed by atoms with E-state index in [9.17, 15) is 4.79 Å². The van der Waals surface area contributed by atoms with E-state index in [1.807, 2.05) is 30.3 Å². The van der Waals surface area contributed by atoms with Gasteiger partial charge >= 0.3 is 0 Å². The summed E-state index contributed by atoms with van der Waals surface area (Å²) in [6.07, 6.45) is 4.40. The van der Waals surface area contributed by atoms with Crippen LogP contribution in [0.25, 0.3) is 0 Å². The van der Waals surface area contributed by atoms with Gasteiger partial charge in [0, 0.05) is 18.6 Å². The van der Waals surface area contributed by atoms with Gasteiger partial charge in [0.15, 0.2) is 0 Å². The first-order valence-corrected chi connectivity index (χ1v) is 9.24. The first kappa shape index (κ1) is 25.2. The van der Waals surface area contributed by atoms with E-state index in [1.165, 1.54) is 19.3 Å². The molecule has 0 saturated carbocycles. The summed E-state index contributed by atoms with van der Waals surface area (Å²) in [6, 6.07) is 9.45. The smallest absolute Gasteiger partial charge is 0.237 e. The maximum Gasteiger partial charge on any atom is 0.237 e. The molecule has 1 aliphatic heterocycles. The number of benzene rings is 1. The molecule has 2 unspecified atom stereocenters. The number of nitrogens with two attached hydrogens (primary N) is 1. The zero-order valence-electron chi connectivity index (χ0n) is 16.2. The van der Waals surface area contributed by atoms with Crippen LogP contribution in [0.3, 0.4) is 0 Å². The summed E-state index contributed by atoms with van der Waals surface area (Å²) in [5.74, 6) is 0.727.